The van der Waals surface area contributed by atoms with E-state index in [1.165, 1.54) is 14.2 Å². The maximum Gasteiger partial charge on any atom is 0.279 e. The lowest BCUT2D eigenvalue weighted by atomic mass is 10.4. The molecular formula is C9H10O3. The molecule has 0 radical (unpaired) electrons. The first-order valence-corrected chi connectivity index (χ1v) is 3.31. The van der Waals surface area contributed by atoms with Crippen LogP contribution in [0.25, 0.3) is 0 Å². The molecule has 0 unspecified atom stereocenters. The molecule has 0 fully saturated rings. The quantitative estimate of drug-likeness (QED) is 0.423. The summed E-state index contributed by atoms with van der Waals surface area (Å²) in [6, 6.07) is 0. The summed E-state index contributed by atoms with van der Waals surface area (Å²) in [5, 5.41) is 0. The van der Waals surface area contributed by atoms with Gasteiger partial charge in [0.05, 0.1) is 0 Å². The fraction of sp³-hybridized carbons (Fsp3) is 0.444. The van der Waals surface area contributed by atoms with E-state index in [0.29, 0.717) is 0 Å². The summed E-state index contributed by atoms with van der Waals surface area (Å²) < 4.78 is 9.24. The lowest BCUT2D eigenvalue weighted by molar-refractivity contribution is -0.108. The van der Waals surface area contributed by atoms with E-state index in [-0.39, 0.29) is 13.2 Å². The van der Waals surface area contributed by atoms with E-state index in [4.69, 9.17) is 0 Å². The highest BCUT2D eigenvalue weighted by molar-refractivity contribution is 6.08. The Kier molecular flexibility index (Phi) is 6.97. The topological polar surface area (TPSA) is 35.5 Å². The van der Waals surface area contributed by atoms with Crippen LogP contribution < -0.4 is 0 Å². The Balaban J connectivity index is 3.77. The first-order chi connectivity index (χ1) is 5.81. The van der Waals surface area contributed by atoms with Crippen molar-refractivity contribution in [2.75, 3.05) is 27.4 Å². The van der Waals surface area contributed by atoms with Crippen LogP contribution in [0.3, 0.4) is 0 Å². The minimum atomic E-state index is -0.413. The van der Waals surface area contributed by atoms with Crippen molar-refractivity contribution >= 4 is 5.78 Å². The van der Waals surface area contributed by atoms with Gasteiger partial charge in [-0.25, -0.2) is 0 Å². The van der Waals surface area contributed by atoms with E-state index in [9.17, 15) is 4.79 Å². The molecule has 12 heavy (non-hydrogen) atoms. The van der Waals surface area contributed by atoms with Gasteiger partial charge in [0.1, 0.15) is 13.2 Å². The number of carbonyl (C=O) groups excluding carboxylic acids is 1. The van der Waals surface area contributed by atoms with Crippen LogP contribution in [0.4, 0.5) is 0 Å². The van der Waals surface area contributed by atoms with Gasteiger partial charge >= 0.3 is 0 Å². The number of hydrogen-bond acceptors (Lipinski definition) is 3. The number of Topliss-reactive ketones (excluding diaryl/α,β-unsaturated/α-hetero) is 1. The molecule has 0 atom stereocenters. The van der Waals surface area contributed by atoms with Gasteiger partial charge in [-0.3, -0.25) is 4.79 Å². The third kappa shape index (κ3) is 6.82. The first-order valence-electron chi connectivity index (χ1n) is 3.31. The van der Waals surface area contributed by atoms with Crippen molar-refractivity contribution in [3.05, 3.63) is 0 Å². The summed E-state index contributed by atoms with van der Waals surface area (Å²) in [6.45, 7) is 0.495. The summed E-state index contributed by atoms with van der Waals surface area (Å²) in [5.74, 6) is 9.18. The Morgan fingerprint density at radius 3 is 1.83 bits per heavy atom. The molecule has 0 aromatic carbocycles. The van der Waals surface area contributed by atoms with Crippen molar-refractivity contribution < 1.29 is 14.3 Å². The van der Waals surface area contributed by atoms with Gasteiger partial charge in [0.2, 0.25) is 0 Å². The predicted molar refractivity (Wildman–Crippen MR) is 44.3 cm³/mol. The van der Waals surface area contributed by atoms with Crippen LogP contribution in [-0.4, -0.2) is 33.2 Å². The number of rotatable bonds is 2. The van der Waals surface area contributed by atoms with E-state index in [0.717, 1.165) is 0 Å². The van der Waals surface area contributed by atoms with Gasteiger partial charge in [0, 0.05) is 14.2 Å². The second-order valence-corrected chi connectivity index (χ2v) is 1.80. The standard InChI is InChI=1S/C9H10O3/c1-11-7-3-5-9(10)6-4-8-12-2/h7-8H2,1-2H3. The monoisotopic (exact) mass is 166 g/mol. The van der Waals surface area contributed by atoms with Crippen molar-refractivity contribution in [2.24, 2.45) is 0 Å². The highest BCUT2D eigenvalue weighted by Crippen LogP contribution is 1.68. The summed E-state index contributed by atoms with van der Waals surface area (Å²) in [5.41, 5.74) is 0. The molecule has 64 valence electrons. The molecule has 0 amide bonds. The summed E-state index contributed by atoms with van der Waals surface area (Å²) in [7, 11) is 3.02. The minimum Gasteiger partial charge on any atom is -0.372 e. The highest BCUT2D eigenvalue weighted by atomic mass is 16.5. The average molecular weight is 166 g/mol. The molecule has 0 aromatic heterocycles. The van der Waals surface area contributed by atoms with Crippen molar-refractivity contribution in [3.63, 3.8) is 0 Å². The van der Waals surface area contributed by atoms with Gasteiger partial charge in [-0.2, -0.15) is 0 Å². The maximum absolute atomic E-state index is 10.7. The largest absolute Gasteiger partial charge is 0.372 e. The van der Waals surface area contributed by atoms with Crippen molar-refractivity contribution in [1.82, 2.24) is 0 Å². The van der Waals surface area contributed by atoms with E-state index >= 15 is 0 Å². The number of methoxy groups -OCH3 is 2. The predicted octanol–water partition coefficient (Wildman–Crippen LogP) is -0.145. The molecule has 0 bridgehead atoms. The van der Waals surface area contributed by atoms with Crippen molar-refractivity contribution in [2.45, 2.75) is 0 Å². The van der Waals surface area contributed by atoms with E-state index in [2.05, 4.69) is 33.2 Å². The first kappa shape index (κ1) is 10.7. The van der Waals surface area contributed by atoms with Gasteiger partial charge < -0.3 is 9.47 Å². The number of ether oxygens (including phenoxy) is 2. The molecule has 0 spiro atoms. The van der Waals surface area contributed by atoms with Crippen LogP contribution in [0, 0.1) is 23.7 Å². The van der Waals surface area contributed by atoms with Gasteiger partial charge in [0.15, 0.2) is 0 Å². The van der Waals surface area contributed by atoms with Gasteiger partial charge in [-0.15, -0.1) is 0 Å². The number of hydrogen-bond donors (Lipinski definition) is 0. The van der Waals surface area contributed by atoms with Gasteiger partial charge in [-0.05, 0) is 11.8 Å². The molecule has 3 heteroatoms. The van der Waals surface area contributed by atoms with Crippen LogP contribution in [-0.2, 0) is 14.3 Å². The molecule has 0 aliphatic heterocycles. The Bertz CT molecular complexity index is 220. The van der Waals surface area contributed by atoms with Crippen LogP contribution in [0.1, 0.15) is 0 Å². The highest BCUT2D eigenvalue weighted by Gasteiger charge is 1.84. The zero-order chi connectivity index (χ0) is 9.23. The molecular weight excluding hydrogens is 156 g/mol. The van der Waals surface area contributed by atoms with Crippen molar-refractivity contribution in [1.29, 1.82) is 0 Å². The van der Waals surface area contributed by atoms with Gasteiger partial charge in [0.25, 0.3) is 5.78 Å². The Morgan fingerprint density at radius 1 is 1.08 bits per heavy atom. The van der Waals surface area contributed by atoms with E-state index < -0.39 is 5.78 Å². The smallest absolute Gasteiger partial charge is 0.279 e. The van der Waals surface area contributed by atoms with Crippen molar-refractivity contribution in [3.8, 4) is 23.7 Å². The third-order valence-corrected chi connectivity index (χ3v) is 0.837. The molecule has 0 rings (SSSR count). The molecule has 0 aliphatic carbocycles. The normalized spacial score (nSPS) is 7.50. The fourth-order valence-electron chi connectivity index (χ4n) is 0.408. The molecule has 0 aliphatic rings. The Morgan fingerprint density at radius 2 is 1.50 bits per heavy atom. The van der Waals surface area contributed by atoms with E-state index in [1.807, 2.05) is 0 Å². The van der Waals surface area contributed by atoms with Crippen LogP contribution >= 0.6 is 0 Å². The zero-order valence-electron chi connectivity index (χ0n) is 7.14. The summed E-state index contributed by atoms with van der Waals surface area (Å²) >= 11 is 0. The molecule has 0 saturated carbocycles. The Hall–Kier alpha value is -1.29. The molecule has 0 aromatic rings. The molecule has 3 nitrogen and oxygen atoms in total. The van der Waals surface area contributed by atoms with Crippen LogP contribution in [0.2, 0.25) is 0 Å². The second kappa shape index (κ2) is 7.81. The lowest BCUT2D eigenvalue weighted by Gasteiger charge is -1.81. The molecule has 0 N–H and O–H groups in total. The van der Waals surface area contributed by atoms with Gasteiger partial charge in [-0.1, -0.05) is 11.8 Å². The average Bonchev–Trinajstić information content (AvgIpc) is 2.06. The molecule has 0 saturated heterocycles. The van der Waals surface area contributed by atoms with E-state index in [1.54, 1.807) is 0 Å². The number of ketones is 1. The maximum atomic E-state index is 10.7. The second-order valence-electron chi connectivity index (χ2n) is 1.80. The SMILES string of the molecule is COCC#CC(=O)C#CCOC. The molecule has 0 heterocycles. The number of carbonyl (C=O) groups is 1. The fourth-order valence-corrected chi connectivity index (χ4v) is 0.408. The zero-order valence-corrected chi connectivity index (χ0v) is 7.14. The summed E-state index contributed by atoms with van der Waals surface area (Å²) in [4.78, 5) is 10.7. The summed E-state index contributed by atoms with van der Waals surface area (Å²) in [6.07, 6.45) is 0. The third-order valence-electron chi connectivity index (χ3n) is 0.837. The van der Waals surface area contributed by atoms with Crippen LogP contribution in [0.5, 0.6) is 0 Å². The lowest BCUT2D eigenvalue weighted by Crippen LogP contribution is -1.90. The van der Waals surface area contributed by atoms with Crippen LogP contribution in [0.15, 0.2) is 0 Å². The minimum absolute atomic E-state index is 0.248. The Labute approximate surface area is 72.0 Å².